The number of para-hydroxylation sites is 2. The van der Waals surface area contributed by atoms with Gasteiger partial charge in [-0.1, -0.05) is 53.8 Å². The number of urea groups is 1. The zero-order valence-corrected chi connectivity index (χ0v) is 14.6. The molecular weight excluding hydrogens is 344 g/mol. The Hall–Kier alpha value is -3.38. The smallest absolute Gasteiger partial charge is 0.323 e. The van der Waals surface area contributed by atoms with Gasteiger partial charge in [0.2, 0.25) is 0 Å². The summed E-state index contributed by atoms with van der Waals surface area (Å²) in [6, 6.07) is 24.6. The number of benzene rings is 3. The quantitative estimate of drug-likeness (QED) is 0.438. The lowest BCUT2D eigenvalue weighted by Gasteiger charge is -2.07. The number of fused-ring (bicyclic) bond motifs is 1. The molecule has 1 aromatic heterocycles. The van der Waals surface area contributed by atoms with Crippen LogP contribution in [0.4, 0.5) is 27.0 Å². The Balaban J connectivity index is 1.54. The van der Waals surface area contributed by atoms with Gasteiger partial charge >= 0.3 is 6.03 Å². The van der Waals surface area contributed by atoms with Crippen LogP contribution in [0.1, 0.15) is 0 Å². The van der Waals surface area contributed by atoms with Gasteiger partial charge in [0.15, 0.2) is 5.13 Å². The molecule has 2 amide bonds. The first-order chi connectivity index (χ1) is 12.8. The normalized spacial score (nSPS) is 10.5. The predicted molar refractivity (Wildman–Crippen MR) is 108 cm³/mol. The van der Waals surface area contributed by atoms with Crippen LogP contribution in [0.3, 0.4) is 0 Å². The maximum Gasteiger partial charge on any atom is 0.323 e. The van der Waals surface area contributed by atoms with Crippen molar-refractivity contribution in [1.29, 1.82) is 0 Å². The van der Waals surface area contributed by atoms with Gasteiger partial charge < -0.3 is 16.0 Å². The Morgan fingerprint density at radius 1 is 0.769 bits per heavy atom. The molecule has 3 aromatic carbocycles. The molecule has 0 fully saturated rings. The third-order valence-electron chi connectivity index (χ3n) is 3.72. The summed E-state index contributed by atoms with van der Waals surface area (Å²) in [5.74, 6) is 0. The van der Waals surface area contributed by atoms with Crippen LogP contribution in [0.2, 0.25) is 0 Å². The Kier molecular flexibility index (Phi) is 4.49. The molecule has 26 heavy (non-hydrogen) atoms. The number of nitrogens with one attached hydrogen (secondary N) is 3. The summed E-state index contributed by atoms with van der Waals surface area (Å²) >= 11 is 1.50. The first-order valence-electron chi connectivity index (χ1n) is 8.12. The van der Waals surface area contributed by atoms with Crippen LogP contribution in [-0.2, 0) is 0 Å². The average Bonchev–Trinajstić information content (AvgIpc) is 3.07. The summed E-state index contributed by atoms with van der Waals surface area (Å²) in [7, 11) is 0. The average molecular weight is 360 g/mol. The van der Waals surface area contributed by atoms with Gasteiger partial charge in [0, 0.05) is 11.4 Å². The molecule has 0 aliphatic rings. The van der Waals surface area contributed by atoms with Crippen LogP contribution in [0.15, 0.2) is 78.9 Å². The van der Waals surface area contributed by atoms with E-state index in [0.717, 1.165) is 32.4 Å². The maximum absolute atomic E-state index is 12.3. The van der Waals surface area contributed by atoms with E-state index in [4.69, 9.17) is 0 Å². The van der Waals surface area contributed by atoms with Gasteiger partial charge in [0.1, 0.15) is 0 Å². The van der Waals surface area contributed by atoms with Gasteiger partial charge in [-0.2, -0.15) is 0 Å². The van der Waals surface area contributed by atoms with Gasteiger partial charge in [0.25, 0.3) is 0 Å². The number of nitrogens with zero attached hydrogens (tertiary/aromatic N) is 1. The summed E-state index contributed by atoms with van der Waals surface area (Å²) in [5.41, 5.74) is 3.29. The molecule has 0 aliphatic heterocycles. The Morgan fingerprint density at radius 3 is 2.19 bits per heavy atom. The van der Waals surface area contributed by atoms with Crippen molar-refractivity contribution < 1.29 is 4.79 Å². The molecule has 3 N–H and O–H groups in total. The number of anilines is 4. The van der Waals surface area contributed by atoms with Crippen LogP contribution in [0.25, 0.3) is 10.2 Å². The van der Waals surface area contributed by atoms with Crippen molar-refractivity contribution >= 4 is 49.8 Å². The zero-order chi connectivity index (χ0) is 17.8. The Labute approximate surface area is 154 Å². The number of aromatic nitrogens is 1. The molecule has 0 bridgehead atoms. The van der Waals surface area contributed by atoms with Gasteiger partial charge in [-0.05, 0) is 36.4 Å². The van der Waals surface area contributed by atoms with E-state index in [1.165, 1.54) is 11.3 Å². The summed E-state index contributed by atoms with van der Waals surface area (Å²) in [6.07, 6.45) is 0. The van der Waals surface area contributed by atoms with Crippen molar-refractivity contribution in [3.8, 4) is 0 Å². The third kappa shape index (κ3) is 3.65. The van der Waals surface area contributed by atoms with Crippen molar-refractivity contribution in [1.82, 2.24) is 4.98 Å². The molecular formula is C20H16N4OS. The van der Waals surface area contributed by atoms with Gasteiger partial charge in [-0.25, -0.2) is 9.78 Å². The van der Waals surface area contributed by atoms with Crippen LogP contribution in [0, 0.1) is 0 Å². The number of carbonyl (C=O) groups is 1. The Morgan fingerprint density at radius 2 is 1.46 bits per heavy atom. The van der Waals surface area contributed by atoms with Crippen LogP contribution >= 0.6 is 11.3 Å². The van der Waals surface area contributed by atoms with Crippen molar-refractivity contribution in [2.45, 2.75) is 0 Å². The van der Waals surface area contributed by atoms with Crippen molar-refractivity contribution in [2.24, 2.45) is 0 Å². The molecule has 0 spiro atoms. The second-order valence-electron chi connectivity index (χ2n) is 5.61. The molecule has 5 nitrogen and oxygen atoms in total. The van der Waals surface area contributed by atoms with Gasteiger partial charge in [-0.3, -0.25) is 0 Å². The third-order valence-corrected chi connectivity index (χ3v) is 4.74. The highest BCUT2D eigenvalue weighted by Gasteiger charge is 2.11. The second-order valence-corrected chi connectivity index (χ2v) is 6.61. The largest absolute Gasteiger partial charge is 0.332 e. The molecule has 0 saturated heterocycles. The molecule has 0 radical (unpaired) electrons. The number of amides is 2. The number of hydrogen-bond acceptors (Lipinski definition) is 4. The van der Waals surface area contributed by atoms with Crippen LogP contribution < -0.4 is 16.0 Å². The molecule has 0 unspecified atom stereocenters. The second kappa shape index (κ2) is 7.25. The lowest BCUT2D eigenvalue weighted by Crippen LogP contribution is -2.19. The summed E-state index contributed by atoms with van der Waals surface area (Å²) in [4.78, 5) is 16.9. The van der Waals surface area contributed by atoms with E-state index in [-0.39, 0.29) is 6.03 Å². The van der Waals surface area contributed by atoms with Crippen molar-refractivity contribution in [3.05, 3.63) is 78.9 Å². The fraction of sp³-hybridized carbons (Fsp3) is 0. The standard InChI is InChI=1S/C20H16N4OS/c25-19(21-14-8-3-1-4-9-14)23-16-12-7-13-17-18(16)26-20(24-17)22-15-10-5-2-6-11-15/h1-13H,(H,22,24)(H2,21,23,25). The lowest BCUT2D eigenvalue weighted by molar-refractivity contribution is 0.262. The molecule has 6 heteroatoms. The first kappa shape index (κ1) is 16.1. The van der Waals surface area contributed by atoms with Gasteiger partial charge in [-0.15, -0.1) is 0 Å². The van der Waals surface area contributed by atoms with Gasteiger partial charge in [0.05, 0.1) is 15.9 Å². The molecule has 128 valence electrons. The molecule has 0 saturated carbocycles. The molecule has 1 heterocycles. The number of thiazole rings is 1. The van der Waals surface area contributed by atoms with Crippen molar-refractivity contribution in [3.63, 3.8) is 0 Å². The summed E-state index contributed by atoms with van der Waals surface area (Å²) in [5, 5.41) is 9.80. The first-order valence-corrected chi connectivity index (χ1v) is 8.94. The van der Waals surface area contributed by atoms with E-state index in [1.54, 1.807) is 0 Å². The van der Waals surface area contributed by atoms with Crippen LogP contribution in [-0.4, -0.2) is 11.0 Å². The highest BCUT2D eigenvalue weighted by molar-refractivity contribution is 7.22. The molecule has 4 rings (SSSR count). The fourth-order valence-electron chi connectivity index (χ4n) is 2.55. The minimum Gasteiger partial charge on any atom is -0.332 e. The highest BCUT2D eigenvalue weighted by atomic mass is 32.1. The van der Waals surface area contributed by atoms with E-state index in [9.17, 15) is 4.79 Å². The highest BCUT2D eigenvalue weighted by Crippen LogP contribution is 2.33. The van der Waals surface area contributed by atoms with Crippen LogP contribution in [0.5, 0.6) is 0 Å². The SMILES string of the molecule is O=C(Nc1ccccc1)Nc1cccc2nc(Nc3ccccc3)sc12. The monoisotopic (exact) mass is 360 g/mol. The maximum atomic E-state index is 12.3. The van der Waals surface area contributed by atoms with E-state index in [1.807, 2.05) is 78.9 Å². The Bertz CT molecular complexity index is 1030. The fourth-order valence-corrected chi connectivity index (χ4v) is 3.51. The number of carbonyl (C=O) groups excluding carboxylic acids is 1. The topological polar surface area (TPSA) is 66.0 Å². The molecule has 4 aromatic rings. The lowest BCUT2D eigenvalue weighted by atomic mass is 10.3. The van der Waals surface area contributed by atoms with E-state index in [0.29, 0.717) is 0 Å². The number of rotatable bonds is 4. The predicted octanol–water partition coefficient (Wildman–Crippen LogP) is 5.68. The minimum atomic E-state index is -0.283. The molecule has 0 atom stereocenters. The van der Waals surface area contributed by atoms with E-state index < -0.39 is 0 Å². The van der Waals surface area contributed by atoms with E-state index in [2.05, 4.69) is 20.9 Å². The van der Waals surface area contributed by atoms with E-state index >= 15 is 0 Å². The summed E-state index contributed by atoms with van der Waals surface area (Å²) < 4.78 is 0.925. The number of hydrogen-bond donors (Lipinski definition) is 3. The minimum absolute atomic E-state index is 0.283. The summed E-state index contributed by atoms with van der Waals surface area (Å²) in [6.45, 7) is 0. The van der Waals surface area contributed by atoms with Crippen molar-refractivity contribution in [2.75, 3.05) is 16.0 Å². The zero-order valence-electron chi connectivity index (χ0n) is 13.8. The molecule has 0 aliphatic carbocycles.